The molecule has 1 aliphatic carbocycles. The molecule has 0 unspecified atom stereocenters. The second-order valence-corrected chi connectivity index (χ2v) is 11.8. The van der Waals surface area contributed by atoms with E-state index >= 15 is 0 Å². The zero-order valence-electron chi connectivity index (χ0n) is 14.1. The van der Waals surface area contributed by atoms with E-state index < -0.39 is 8.32 Å². The first kappa shape index (κ1) is 16.5. The molecule has 0 bridgehead atoms. The molecule has 2 aliphatic rings. The highest BCUT2D eigenvalue weighted by Gasteiger charge is 2.50. The Kier molecular flexibility index (Phi) is 6.60. The summed E-state index contributed by atoms with van der Waals surface area (Å²) in [4.78, 5) is 0. The van der Waals surface area contributed by atoms with Crippen molar-refractivity contribution in [1.29, 1.82) is 0 Å². The lowest BCUT2D eigenvalue weighted by Crippen LogP contribution is -2.53. The molecule has 2 fully saturated rings. The molecule has 20 heavy (non-hydrogen) atoms. The highest BCUT2D eigenvalue weighted by Crippen LogP contribution is 2.51. The third-order valence-corrected chi connectivity index (χ3v) is 11.4. The number of unbranched alkanes of at least 4 members (excludes halogenated alkanes) is 3. The number of rotatable bonds is 7. The molecule has 2 rings (SSSR count). The topological polar surface area (TPSA) is 9.23 Å². The molecule has 118 valence electrons. The van der Waals surface area contributed by atoms with Crippen molar-refractivity contribution in [2.45, 2.75) is 109 Å². The zero-order chi connectivity index (χ0) is 14.4. The molecule has 0 aromatic heterocycles. The summed E-state index contributed by atoms with van der Waals surface area (Å²) in [6.07, 6.45) is 14.9. The van der Waals surface area contributed by atoms with Gasteiger partial charge >= 0.3 is 0 Å². The summed E-state index contributed by atoms with van der Waals surface area (Å²) in [5.41, 5.74) is 0.998. The first-order valence-electron chi connectivity index (χ1n) is 9.43. The van der Waals surface area contributed by atoms with Gasteiger partial charge in [0, 0.05) is 6.10 Å². The molecule has 0 radical (unpaired) electrons. The summed E-state index contributed by atoms with van der Waals surface area (Å²) >= 11 is 0. The molecule has 1 saturated carbocycles. The van der Waals surface area contributed by atoms with Crippen molar-refractivity contribution in [3.05, 3.63) is 0 Å². The molecular weight excluding hydrogens is 260 g/mol. The van der Waals surface area contributed by atoms with Crippen LogP contribution in [0.5, 0.6) is 0 Å². The van der Waals surface area contributed by atoms with E-state index in [1.54, 1.807) is 0 Å². The Morgan fingerprint density at radius 2 is 1.70 bits per heavy atom. The SMILES string of the molecule is CCCCCC[C@H]1C[C@@H]2CCCC[C@@H]2[Si](CC)(CC)O1. The maximum atomic E-state index is 6.86. The van der Waals surface area contributed by atoms with E-state index in [1.807, 2.05) is 0 Å². The van der Waals surface area contributed by atoms with Gasteiger partial charge in [0.15, 0.2) is 8.32 Å². The molecule has 0 aromatic rings. The average molecular weight is 297 g/mol. The van der Waals surface area contributed by atoms with Gasteiger partial charge < -0.3 is 4.43 Å². The Morgan fingerprint density at radius 1 is 0.950 bits per heavy atom. The van der Waals surface area contributed by atoms with E-state index in [4.69, 9.17) is 4.43 Å². The lowest BCUT2D eigenvalue weighted by atomic mass is 9.83. The minimum Gasteiger partial charge on any atom is -0.414 e. The average Bonchev–Trinajstić information content (AvgIpc) is 2.50. The molecule has 2 heteroatoms. The van der Waals surface area contributed by atoms with Gasteiger partial charge in [0.1, 0.15) is 0 Å². The first-order chi connectivity index (χ1) is 9.75. The predicted molar refractivity (Wildman–Crippen MR) is 90.7 cm³/mol. The number of fused-ring (bicyclic) bond motifs is 1. The van der Waals surface area contributed by atoms with Gasteiger partial charge in [-0.25, -0.2) is 0 Å². The molecule has 0 aromatic carbocycles. The van der Waals surface area contributed by atoms with Crippen LogP contribution in [0.3, 0.4) is 0 Å². The molecule has 3 atom stereocenters. The van der Waals surface area contributed by atoms with Crippen LogP contribution in [0.2, 0.25) is 17.6 Å². The van der Waals surface area contributed by atoms with Crippen LogP contribution >= 0.6 is 0 Å². The van der Waals surface area contributed by atoms with Crippen LogP contribution in [0.15, 0.2) is 0 Å². The summed E-state index contributed by atoms with van der Waals surface area (Å²) < 4.78 is 6.86. The van der Waals surface area contributed by atoms with Crippen molar-refractivity contribution >= 4 is 8.32 Å². The van der Waals surface area contributed by atoms with Crippen LogP contribution in [0.1, 0.15) is 85.0 Å². The fourth-order valence-electron chi connectivity index (χ4n) is 4.90. The quantitative estimate of drug-likeness (QED) is 0.396. The molecule has 0 amide bonds. The van der Waals surface area contributed by atoms with Gasteiger partial charge in [-0.1, -0.05) is 72.1 Å². The molecule has 0 spiro atoms. The molecular formula is C18H36OSi. The zero-order valence-corrected chi connectivity index (χ0v) is 15.1. The van der Waals surface area contributed by atoms with E-state index in [-0.39, 0.29) is 0 Å². The fraction of sp³-hybridized carbons (Fsp3) is 1.00. The monoisotopic (exact) mass is 296 g/mol. The van der Waals surface area contributed by atoms with Gasteiger partial charge in [-0.3, -0.25) is 0 Å². The maximum Gasteiger partial charge on any atom is 0.195 e. The summed E-state index contributed by atoms with van der Waals surface area (Å²) in [6, 6.07) is 2.71. The maximum absolute atomic E-state index is 6.86. The molecule has 1 heterocycles. The molecule has 1 saturated heterocycles. The van der Waals surface area contributed by atoms with Crippen molar-refractivity contribution in [3.8, 4) is 0 Å². The van der Waals surface area contributed by atoms with Gasteiger partial charge in [-0.2, -0.15) is 0 Å². The normalized spacial score (nSPS) is 32.9. The summed E-state index contributed by atoms with van der Waals surface area (Å²) in [6.45, 7) is 7.14. The highest BCUT2D eigenvalue weighted by atomic mass is 28.4. The van der Waals surface area contributed by atoms with E-state index in [0.29, 0.717) is 6.10 Å². The Hall–Kier alpha value is 0.177. The minimum absolute atomic E-state index is 0.623. The summed E-state index contributed by atoms with van der Waals surface area (Å²) in [5, 5.41) is 0. The fourth-order valence-corrected chi connectivity index (χ4v) is 9.73. The van der Waals surface area contributed by atoms with Crippen molar-refractivity contribution in [1.82, 2.24) is 0 Å². The van der Waals surface area contributed by atoms with Crippen molar-refractivity contribution in [2.24, 2.45) is 5.92 Å². The standard InChI is InChI=1S/C18H36OSi/c1-4-7-8-9-13-17-15-16-12-10-11-14-18(16)20(5-2,6-3)19-17/h16-18H,4-15H2,1-3H3/t16-,17-,18-/m0/s1. The number of hydrogen-bond acceptors (Lipinski definition) is 1. The Labute approximate surface area is 128 Å². The van der Waals surface area contributed by atoms with Gasteiger partial charge in [0.2, 0.25) is 0 Å². The van der Waals surface area contributed by atoms with E-state index in [2.05, 4.69) is 20.8 Å². The number of hydrogen-bond donors (Lipinski definition) is 0. The van der Waals surface area contributed by atoms with Gasteiger partial charge in [-0.05, 0) is 36.4 Å². The summed E-state index contributed by atoms with van der Waals surface area (Å²) in [5.74, 6) is 1.03. The van der Waals surface area contributed by atoms with Gasteiger partial charge in [-0.15, -0.1) is 0 Å². The van der Waals surface area contributed by atoms with Crippen LogP contribution in [0.25, 0.3) is 0 Å². The largest absolute Gasteiger partial charge is 0.414 e. The minimum atomic E-state index is -1.42. The second kappa shape index (κ2) is 7.98. The smallest absolute Gasteiger partial charge is 0.195 e. The lowest BCUT2D eigenvalue weighted by molar-refractivity contribution is 0.0844. The van der Waals surface area contributed by atoms with Crippen molar-refractivity contribution in [2.75, 3.05) is 0 Å². The molecule has 0 N–H and O–H groups in total. The van der Waals surface area contributed by atoms with Gasteiger partial charge in [0.25, 0.3) is 0 Å². The Morgan fingerprint density at radius 3 is 2.40 bits per heavy atom. The highest BCUT2D eigenvalue weighted by molar-refractivity contribution is 6.75. The Balaban J connectivity index is 1.95. The molecule has 1 nitrogen and oxygen atoms in total. The van der Waals surface area contributed by atoms with Crippen molar-refractivity contribution in [3.63, 3.8) is 0 Å². The van der Waals surface area contributed by atoms with Crippen LogP contribution in [0, 0.1) is 5.92 Å². The van der Waals surface area contributed by atoms with E-state index in [0.717, 1.165) is 11.5 Å². The van der Waals surface area contributed by atoms with Crippen LogP contribution < -0.4 is 0 Å². The first-order valence-corrected chi connectivity index (χ1v) is 11.8. The second-order valence-electron chi connectivity index (χ2n) is 7.25. The Bertz CT molecular complexity index is 275. The third-order valence-electron chi connectivity index (χ3n) is 6.13. The summed E-state index contributed by atoms with van der Waals surface area (Å²) in [7, 11) is -1.42. The van der Waals surface area contributed by atoms with Crippen LogP contribution in [-0.4, -0.2) is 14.4 Å². The van der Waals surface area contributed by atoms with Crippen LogP contribution in [-0.2, 0) is 4.43 Å². The van der Waals surface area contributed by atoms with Crippen LogP contribution in [0.4, 0.5) is 0 Å². The molecule has 1 aliphatic heterocycles. The lowest BCUT2D eigenvalue weighted by Gasteiger charge is -2.51. The third kappa shape index (κ3) is 3.68. The van der Waals surface area contributed by atoms with Crippen molar-refractivity contribution < 1.29 is 4.43 Å². The predicted octanol–water partition coefficient (Wildman–Crippen LogP) is 6.29. The van der Waals surface area contributed by atoms with Gasteiger partial charge in [0.05, 0.1) is 0 Å². The van der Waals surface area contributed by atoms with E-state index in [9.17, 15) is 0 Å². The van der Waals surface area contributed by atoms with E-state index in [1.165, 1.54) is 76.3 Å².